The molecule has 1 heterocycles. The number of rotatable bonds is 5. The molecule has 146 valence electrons. The predicted molar refractivity (Wildman–Crippen MR) is 116 cm³/mol. The second-order valence-electron chi connectivity index (χ2n) is 7.49. The van der Waals surface area contributed by atoms with Gasteiger partial charge in [0.1, 0.15) is 0 Å². The highest BCUT2D eigenvalue weighted by Gasteiger charge is 2.37. The van der Waals surface area contributed by atoms with Gasteiger partial charge in [0.25, 0.3) is 0 Å². The average molecular weight is 384 g/mol. The van der Waals surface area contributed by atoms with Crippen molar-refractivity contribution in [1.29, 1.82) is 0 Å². The smallest absolute Gasteiger partial charge is 0.232 e. The van der Waals surface area contributed by atoms with Gasteiger partial charge in [-0.15, -0.1) is 0 Å². The summed E-state index contributed by atoms with van der Waals surface area (Å²) < 4.78 is 0. The highest BCUT2D eigenvalue weighted by Crippen LogP contribution is 2.29. The first-order chi connectivity index (χ1) is 14.1. The first kappa shape index (κ1) is 18.9. The maximum atomic E-state index is 13.5. The van der Waals surface area contributed by atoms with E-state index in [0.717, 1.165) is 22.5 Å². The number of amides is 2. The Kier molecular flexibility index (Phi) is 5.43. The van der Waals surface area contributed by atoms with Gasteiger partial charge < -0.3 is 9.80 Å². The molecule has 2 amide bonds. The van der Waals surface area contributed by atoms with Gasteiger partial charge in [-0.2, -0.15) is 0 Å². The molecule has 1 atom stereocenters. The van der Waals surface area contributed by atoms with Crippen molar-refractivity contribution in [3.63, 3.8) is 0 Å². The second kappa shape index (κ2) is 8.31. The molecule has 0 radical (unpaired) electrons. The van der Waals surface area contributed by atoms with Crippen molar-refractivity contribution in [2.24, 2.45) is 5.92 Å². The standard InChI is InChI=1S/C25H24N2O2/c1-19-9-8-14-23(15-19)26-18-21(16-24(26)28)25(29)27(22-12-6-3-7-13-22)17-20-10-4-2-5-11-20/h2-15,21H,16-18H2,1H3. The third kappa shape index (κ3) is 4.21. The Morgan fingerprint density at radius 1 is 0.966 bits per heavy atom. The van der Waals surface area contributed by atoms with Crippen molar-refractivity contribution >= 4 is 23.2 Å². The number of aryl methyl sites for hydroxylation is 1. The van der Waals surface area contributed by atoms with E-state index in [2.05, 4.69) is 0 Å². The molecule has 0 aromatic heterocycles. The quantitative estimate of drug-likeness (QED) is 0.646. The molecule has 1 aliphatic heterocycles. The minimum atomic E-state index is -0.355. The van der Waals surface area contributed by atoms with Crippen LogP contribution in [0.5, 0.6) is 0 Å². The zero-order valence-corrected chi connectivity index (χ0v) is 16.5. The maximum absolute atomic E-state index is 13.5. The van der Waals surface area contributed by atoms with Gasteiger partial charge in [0.05, 0.1) is 12.5 Å². The van der Waals surface area contributed by atoms with Crippen LogP contribution in [0, 0.1) is 12.8 Å². The molecule has 1 unspecified atom stereocenters. The van der Waals surface area contributed by atoms with E-state index in [4.69, 9.17) is 0 Å². The monoisotopic (exact) mass is 384 g/mol. The summed E-state index contributed by atoms with van der Waals surface area (Å²) in [6, 6.07) is 27.5. The van der Waals surface area contributed by atoms with Gasteiger partial charge >= 0.3 is 0 Å². The van der Waals surface area contributed by atoms with E-state index in [1.807, 2.05) is 91.9 Å². The molecule has 29 heavy (non-hydrogen) atoms. The van der Waals surface area contributed by atoms with Gasteiger partial charge in [-0.3, -0.25) is 9.59 Å². The largest absolute Gasteiger partial charge is 0.312 e. The van der Waals surface area contributed by atoms with Crippen LogP contribution in [0.4, 0.5) is 11.4 Å². The number of benzene rings is 3. The highest BCUT2D eigenvalue weighted by atomic mass is 16.2. The molecule has 1 saturated heterocycles. The Bertz CT molecular complexity index is 1000. The minimum absolute atomic E-state index is 0.00155. The summed E-state index contributed by atoms with van der Waals surface area (Å²) in [7, 11) is 0. The Morgan fingerprint density at radius 2 is 1.66 bits per heavy atom. The SMILES string of the molecule is Cc1cccc(N2CC(C(=O)N(Cc3ccccc3)c3ccccc3)CC2=O)c1. The number of carbonyl (C=O) groups is 2. The van der Waals surface area contributed by atoms with Crippen molar-refractivity contribution in [3.8, 4) is 0 Å². The molecule has 0 aliphatic carbocycles. The lowest BCUT2D eigenvalue weighted by Crippen LogP contribution is -2.37. The first-order valence-electron chi connectivity index (χ1n) is 9.89. The molecule has 4 nitrogen and oxygen atoms in total. The summed E-state index contributed by atoms with van der Waals surface area (Å²) in [4.78, 5) is 29.7. The van der Waals surface area contributed by atoms with Crippen LogP contribution in [0.3, 0.4) is 0 Å². The van der Waals surface area contributed by atoms with Crippen molar-refractivity contribution in [3.05, 3.63) is 96.1 Å². The van der Waals surface area contributed by atoms with E-state index in [1.165, 1.54) is 0 Å². The van der Waals surface area contributed by atoms with Crippen molar-refractivity contribution in [2.45, 2.75) is 19.9 Å². The van der Waals surface area contributed by atoms with Gasteiger partial charge in [-0.1, -0.05) is 60.7 Å². The number of anilines is 2. The van der Waals surface area contributed by atoms with Gasteiger partial charge in [0.2, 0.25) is 11.8 Å². The fourth-order valence-electron chi connectivity index (χ4n) is 3.81. The molecule has 4 rings (SSSR count). The molecular weight excluding hydrogens is 360 g/mol. The zero-order valence-electron chi connectivity index (χ0n) is 16.5. The topological polar surface area (TPSA) is 40.6 Å². The van der Waals surface area contributed by atoms with Crippen LogP contribution >= 0.6 is 0 Å². The number of hydrogen-bond acceptors (Lipinski definition) is 2. The normalized spacial score (nSPS) is 16.1. The van der Waals surface area contributed by atoms with Crippen molar-refractivity contribution in [2.75, 3.05) is 16.3 Å². The van der Waals surface area contributed by atoms with Crippen LogP contribution in [0.1, 0.15) is 17.5 Å². The fraction of sp³-hybridized carbons (Fsp3) is 0.200. The molecule has 0 spiro atoms. The highest BCUT2D eigenvalue weighted by molar-refractivity contribution is 6.04. The van der Waals surface area contributed by atoms with E-state index < -0.39 is 0 Å². The maximum Gasteiger partial charge on any atom is 0.232 e. The predicted octanol–water partition coefficient (Wildman–Crippen LogP) is 4.58. The Hall–Kier alpha value is -3.40. The van der Waals surface area contributed by atoms with Gasteiger partial charge in [-0.25, -0.2) is 0 Å². The average Bonchev–Trinajstić information content (AvgIpc) is 3.14. The number of carbonyl (C=O) groups excluding carboxylic acids is 2. The summed E-state index contributed by atoms with van der Waals surface area (Å²) in [6.07, 6.45) is 0.241. The second-order valence-corrected chi connectivity index (χ2v) is 7.49. The summed E-state index contributed by atoms with van der Waals surface area (Å²) in [5.74, 6) is -0.364. The molecular formula is C25H24N2O2. The molecule has 1 aliphatic rings. The minimum Gasteiger partial charge on any atom is -0.312 e. The van der Waals surface area contributed by atoms with Crippen molar-refractivity contribution in [1.82, 2.24) is 0 Å². The lowest BCUT2D eigenvalue weighted by atomic mass is 10.1. The Balaban J connectivity index is 1.58. The van der Waals surface area contributed by atoms with E-state index in [0.29, 0.717) is 13.1 Å². The first-order valence-corrected chi connectivity index (χ1v) is 9.89. The lowest BCUT2D eigenvalue weighted by molar-refractivity contribution is -0.124. The van der Waals surface area contributed by atoms with Crippen LogP contribution in [-0.4, -0.2) is 18.4 Å². The molecule has 3 aromatic rings. The van der Waals surface area contributed by atoms with Crippen LogP contribution in [-0.2, 0) is 16.1 Å². The molecule has 0 N–H and O–H groups in total. The van der Waals surface area contributed by atoms with Gasteiger partial charge in [0, 0.05) is 24.3 Å². The third-order valence-corrected chi connectivity index (χ3v) is 5.31. The van der Waals surface area contributed by atoms with Gasteiger partial charge in [-0.05, 0) is 42.3 Å². The van der Waals surface area contributed by atoms with E-state index in [9.17, 15) is 9.59 Å². The Morgan fingerprint density at radius 3 is 2.34 bits per heavy atom. The summed E-state index contributed by atoms with van der Waals surface area (Å²) in [5.41, 5.74) is 3.87. The number of nitrogens with zero attached hydrogens (tertiary/aromatic N) is 2. The van der Waals surface area contributed by atoms with Crippen LogP contribution in [0.15, 0.2) is 84.9 Å². The van der Waals surface area contributed by atoms with E-state index in [-0.39, 0.29) is 24.2 Å². The lowest BCUT2D eigenvalue weighted by Gasteiger charge is -2.26. The zero-order chi connectivity index (χ0) is 20.2. The van der Waals surface area contributed by atoms with Crippen LogP contribution in [0.2, 0.25) is 0 Å². The Labute approximate surface area is 171 Å². The van der Waals surface area contributed by atoms with E-state index >= 15 is 0 Å². The molecule has 1 fully saturated rings. The summed E-state index contributed by atoms with van der Waals surface area (Å²) >= 11 is 0. The number of hydrogen-bond donors (Lipinski definition) is 0. The van der Waals surface area contributed by atoms with E-state index in [1.54, 1.807) is 9.80 Å². The van der Waals surface area contributed by atoms with Crippen LogP contribution in [0.25, 0.3) is 0 Å². The molecule has 0 bridgehead atoms. The molecule has 3 aromatic carbocycles. The molecule has 4 heteroatoms. The summed E-state index contributed by atoms with van der Waals surface area (Å²) in [6.45, 7) is 2.90. The van der Waals surface area contributed by atoms with Crippen LogP contribution < -0.4 is 9.80 Å². The molecule has 0 saturated carbocycles. The van der Waals surface area contributed by atoms with Crippen molar-refractivity contribution < 1.29 is 9.59 Å². The third-order valence-electron chi connectivity index (χ3n) is 5.31. The van der Waals surface area contributed by atoms with Gasteiger partial charge in [0.15, 0.2) is 0 Å². The summed E-state index contributed by atoms with van der Waals surface area (Å²) in [5, 5.41) is 0. The number of para-hydroxylation sites is 1. The fourth-order valence-corrected chi connectivity index (χ4v) is 3.81.